The van der Waals surface area contributed by atoms with Gasteiger partial charge in [0.15, 0.2) is 0 Å². The van der Waals surface area contributed by atoms with Crippen LogP contribution in [0.4, 0.5) is 0 Å². The molecule has 2 heterocycles. The molecule has 2 aromatic heterocycles. The summed E-state index contributed by atoms with van der Waals surface area (Å²) in [5, 5.41) is 3.48. The van der Waals surface area contributed by atoms with Gasteiger partial charge in [-0.3, -0.25) is 4.98 Å². The highest BCUT2D eigenvalue weighted by atomic mass is 16.5. The molecule has 1 aliphatic rings. The van der Waals surface area contributed by atoms with E-state index in [1.165, 1.54) is 18.4 Å². The maximum atomic E-state index is 5.71. The molecular formula is C15H17N3O. The smallest absolute Gasteiger partial charge is 0.222 e. The maximum Gasteiger partial charge on any atom is 0.222 e. The quantitative estimate of drug-likeness (QED) is 0.892. The van der Waals surface area contributed by atoms with Gasteiger partial charge in [0, 0.05) is 30.5 Å². The molecule has 19 heavy (non-hydrogen) atoms. The van der Waals surface area contributed by atoms with Crippen molar-refractivity contribution < 1.29 is 4.74 Å². The number of nitrogens with zero attached hydrogens (tertiary/aromatic N) is 2. The first-order valence-corrected chi connectivity index (χ1v) is 6.58. The van der Waals surface area contributed by atoms with E-state index in [-0.39, 0.29) is 0 Å². The molecule has 0 atom stereocenters. The third-order valence-electron chi connectivity index (χ3n) is 3.11. The molecule has 2 aromatic rings. The van der Waals surface area contributed by atoms with Crippen LogP contribution in [-0.2, 0) is 6.54 Å². The zero-order chi connectivity index (χ0) is 13.1. The summed E-state index contributed by atoms with van der Waals surface area (Å²) in [5.41, 5.74) is 2.24. The summed E-state index contributed by atoms with van der Waals surface area (Å²) in [5.74, 6) is 1.35. The fourth-order valence-electron chi connectivity index (χ4n) is 1.89. The highest BCUT2D eigenvalue weighted by molar-refractivity contribution is 5.32. The molecule has 1 N–H and O–H groups in total. The molecule has 0 aliphatic heterocycles. The van der Waals surface area contributed by atoms with Crippen LogP contribution in [0, 0.1) is 6.92 Å². The summed E-state index contributed by atoms with van der Waals surface area (Å²) in [4.78, 5) is 8.40. The Balaban J connectivity index is 1.68. The van der Waals surface area contributed by atoms with E-state index >= 15 is 0 Å². The van der Waals surface area contributed by atoms with Crippen LogP contribution in [0.5, 0.6) is 11.6 Å². The van der Waals surface area contributed by atoms with Gasteiger partial charge in [0.2, 0.25) is 5.88 Å². The van der Waals surface area contributed by atoms with Crippen molar-refractivity contribution in [1.82, 2.24) is 15.3 Å². The van der Waals surface area contributed by atoms with E-state index in [0.717, 1.165) is 12.1 Å². The van der Waals surface area contributed by atoms with Crippen molar-refractivity contribution >= 4 is 0 Å². The molecule has 3 rings (SSSR count). The lowest BCUT2D eigenvalue weighted by molar-refractivity contribution is 0.456. The number of aromatic nitrogens is 2. The molecule has 1 fully saturated rings. The molecule has 0 spiro atoms. The van der Waals surface area contributed by atoms with Crippen LogP contribution >= 0.6 is 0 Å². The summed E-state index contributed by atoms with van der Waals surface area (Å²) in [7, 11) is 0. The third-order valence-corrected chi connectivity index (χ3v) is 3.11. The number of nitrogens with one attached hydrogen (secondary N) is 1. The van der Waals surface area contributed by atoms with Crippen LogP contribution in [0.25, 0.3) is 0 Å². The minimum atomic E-state index is 0.642. The van der Waals surface area contributed by atoms with Crippen LogP contribution < -0.4 is 10.1 Å². The zero-order valence-corrected chi connectivity index (χ0v) is 11.0. The summed E-state index contributed by atoms with van der Waals surface area (Å²) < 4.78 is 5.71. The van der Waals surface area contributed by atoms with E-state index in [4.69, 9.17) is 4.74 Å². The van der Waals surface area contributed by atoms with E-state index in [9.17, 15) is 0 Å². The highest BCUT2D eigenvalue weighted by Crippen LogP contribution is 2.23. The van der Waals surface area contributed by atoms with Gasteiger partial charge in [-0.2, -0.15) is 0 Å². The van der Waals surface area contributed by atoms with Gasteiger partial charge in [-0.15, -0.1) is 0 Å². The molecule has 0 saturated heterocycles. The Morgan fingerprint density at radius 3 is 2.95 bits per heavy atom. The lowest BCUT2D eigenvalue weighted by Crippen LogP contribution is -2.15. The van der Waals surface area contributed by atoms with Crippen LogP contribution in [0.2, 0.25) is 0 Å². The standard InChI is InChI=1S/C15H17N3O/c1-11-7-12(8-17-13-4-5-13)9-18-15(11)19-14-3-2-6-16-10-14/h2-3,6-7,9-10,13,17H,4-5,8H2,1H3. The first-order valence-electron chi connectivity index (χ1n) is 6.58. The maximum absolute atomic E-state index is 5.71. The van der Waals surface area contributed by atoms with E-state index in [0.29, 0.717) is 17.7 Å². The van der Waals surface area contributed by atoms with Crippen LogP contribution in [0.3, 0.4) is 0 Å². The second kappa shape index (κ2) is 5.36. The molecule has 4 heteroatoms. The Hall–Kier alpha value is -1.94. The molecule has 0 bridgehead atoms. The molecule has 4 nitrogen and oxygen atoms in total. The third kappa shape index (κ3) is 3.29. The number of aryl methyl sites for hydroxylation is 1. The van der Waals surface area contributed by atoms with Gasteiger partial charge in [-0.05, 0) is 43.5 Å². The first kappa shape index (κ1) is 12.1. The summed E-state index contributed by atoms with van der Waals surface area (Å²) in [6.45, 7) is 2.89. The Bertz CT molecular complexity index is 553. The molecular weight excluding hydrogens is 238 g/mol. The minimum Gasteiger partial charge on any atom is -0.437 e. The summed E-state index contributed by atoms with van der Waals surface area (Å²) in [6, 6.07) is 6.55. The average molecular weight is 255 g/mol. The monoisotopic (exact) mass is 255 g/mol. The average Bonchev–Trinajstić information content (AvgIpc) is 3.25. The van der Waals surface area contributed by atoms with Crippen molar-refractivity contribution in [2.45, 2.75) is 32.4 Å². The normalized spacial score (nSPS) is 14.4. The van der Waals surface area contributed by atoms with Crippen LogP contribution in [0.1, 0.15) is 24.0 Å². The summed E-state index contributed by atoms with van der Waals surface area (Å²) in [6.07, 6.45) is 7.88. The van der Waals surface area contributed by atoms with Crippen molar-refractivity contribution in [3.63, 3.8) is 0 Å². The van der Waals surface area contributed by atoms with E-state index in [2.05, 4.69) is 21.4 Å². The van der Waals surface area contributed by atoms with Crippen LogP contribution in [-0.4, -0.2) is 16.0 Å². The number of hydrogen-bond donors (Lipinski definition) is 1. The van der Waals surface area contributed by atoms with Gasteiger partial charge < -0.3 is 10.1 Å². The van der Waals surface area contributed by atoms with E-state index < -0.39 is 0 Å². The van der Waals surface area contributed by atoms with E-state index in [1.54, 1.807) is 12.4 Å². The Morgan fingerprint density at radius 2 is 2.26 bits per heavy atom. The fraction of sp³-hybridized carbons (Fsp3) is 0.333. The molecule has 0 unspecified atom stereocenters. The zero-order valence-electron chi connectivity index (χ0n) is 11.0. The Labute approximate surface area is 112 Å². The molecule has 0 radical (unpaired) electrons. The van der Waals surface area contributed by atoms with Gasteiger partial charge in [0.1, 0.15) is 5.75 Å². The van der Waals surface area contributed by atoms with Gasteiger partial charge in [-0.1, -0.05) is 0 Å². The molecule has 1 aliphatic carbocycles. The number of hydrogen-bond acceptors (Lipinski definition) is 4. The second-order valence-electron chi connectivity index (χ2n) is 4.91. The molecule has 0 aromatic carbocycles. The van der Waals surface area contributed by atoms with Crippen LogP contribution in [0.15, 0.2) is 36.8 Å². The van der Waals surface area contributed by atoms with Crippen molar-refractivity contribution in [2.75, 3.05) is 0 Å². The molecule has 1 saturated carbocycles. The SMILES string of the molecule is Cc1cc(CNC2CC2)cnc1Oc1cccnc1. The fourth-order valence-corrected chi connectivity index (χ4v) is 1.89. The van der Waals surface area contributed by atoms with Gasteiger partial charge in [-0.25, -0.2) is 4.98 Å². The lowest BCUT2D eigenvalue weighted by Gasteiger charge is -2.09. The Morgan fingerprint density at radius 1 is 1.37 bits per heavy atom. The van der Waals surface area contributed by atoms with Crippen molar-refractivity contribution in [3.8, 4) is 11.6 Å². The van der Waals surface area contributed by atoms with Crippen molar-refractivity contribution in [1.29, 1.82) is 0 Å². The van der Waals surface area contributed by atoms with Gasteiger partial charge >= 0.3 is 0 Å². The van der Waals surface area contributed by atoms with Gasteiger partial charge in [0.05, 0.1) is 6.20 Å². The minimum absolute atomic E-state index is 0.642. The number of pyridine rings is 2. The second-order valence-corrected chi connectivity index (χ2v) is 4.91. The topological polar surface area (TPSA) is 47.0 Å². The number of ether oxygens (including phenoxy) is 1. The lowest BCUT2D eigenvalue weighted by atomic mass is 10.2. The predicted molar refractivity (Wildman–Crippen MR) is 73.1 cm³/mol. The first-order chi connectivity index (χ1) is 9.31. The van der Waals surface area contributed by atoms with E-state index in [1.807, 2.05) is 25.3 Å². The Kier molecular flexibility index (Phi) is 3.42. The highest BCUT2D eigenvalue weighted by Gasteiger charge is 2.20. The van der Waals surface area contributed by atoms with Gasteiger partial charge in [0.25, 0.3) is 0 Å². The summed E-state index contributed by atoms with van der Waals surface area (Å²) >= 11 is 0. The predicted octanol–water partition coefficient (Wildman–Crippen LogP) is 2.83. The molecule has 0 amide bonds. The number of rotatable bonds is 5. The van der Waals surface area contributed by atoms with Crippen molar-refractivity contribution in [3.05, 3.63) is 47.9 Å². The molecule has 98 valence electrons. The van der Waals surface area contributed by atoms with Crippen molar-refractivity contribution in [2.24, 2.45) is 0 Å². The largest absolute Gasteiger partial charge is 0.437 e.